The molecule has 0 aliphatic carbocycles. The maximum absolute atomic E-state index is 11.7. The van der Waals surface area contributed by atoms with Gasteiger partial charge in [0.05, 0.1) is 12.9 Å². The van der Waals surface area contributed by atoms with Crippen LogP contribution in [0, 0.1) is 0 Å². The Hall–Kier alpha value is -2.01. The Morgan fingerprint density at radius 1 is 1.71 bits per heavy atom. The molecule has 1 aliphatic heterocycles. The molecule has 114 valence electrons. The number of nitrogens with zero attached hydrogens (tertiary/aromatic N) is 3. The molecule has 1 fully saturated rings. The third-order valence-electron chi connectivity index (χ3n) is 3.59. The van der Waals surface area contributed by atoms with Crippen LogP contribution in [0.15, 0.2) is 11.1 Å². The van der Waals surface area contributed by atoms with Gasteiger partial charge in [-0.25, -0.2) is 4.98 Å². The molecule has 10 nitrogen and oxygen atoms in total. The van der Waals surface area contributed by atoms with Gasteiger partial charge in [0.25, 0.3) is 5.56 Å². The quantitative estimate of drug-likeness (QED) is 0.524. The fraction of sp³-hybridized carbons (Fsp3) is 0.545. The second kappa shape index (κ2) is 4.77. The Bertz CT molecular complexity index is 721. The summed E-state index contributed by atoms with van der Waals surface area (Å²) in [5, 5.41) is 19.4. The molecule has 1 saturated heterocycles. The van der Waals surface area contributed by atoms with Crippen LogP contribution in [0.2, 0.25) is 0 Å². The molecule has 3 rings (SSSR count). The predicted octanol–water partition coefficient (Wildman–Crippen LogP) is -1.68. The lowest BCUT2D eigenvalue weighted by molar-refractivity contribution is -0.269. The summed E-state index contributed by atoms with van der Waals surface area (Å²) in [4.78, 5) is 22.1. The zero-order chi connectivity index (χ0) is 15.2. The first-order chi connectivity index (χ1) is 10.0. The van der Waals surface area contributed by atoms with Crippen LogP contribution in [-0.2, 0) is 9.47 Å². The average Bonchev–Trinajstić information content (AvgIpc) is 3.00. The summed E-state index contributed by atoms with van der Waals surface area (Å²) in [6.07, 6.45) is -0.207. The highest BCUT2D eigenvalue weighted by atomic mass is 16.7. The fourth-order valence-corrected chi connectivity index (χ4v) is 2.44. The van der Waals surface area contributed by atoms with Crippen molar-refractivity contribution in [1.82, 2.24) is 19.5 Å². The molecule has 0 unspecified atom stereocenters. The predicted molar refractivity (Wildman–Crippen MR) is 70.1 cm³/mol. The molecule has 0 radical (unpaired) electrons. The van der Waals surface area contributed by atoms with Gasteiger partial charge in [-0.3, -0.25) is 14.3 Å². The van der Waals surface area contributed by atoms with Crippen molar-refractivity contribution < 1.29 is 19.7 Å². The fourth-order valence-electron chi connectivity index (χ4n) is 2.44. The van der Waals surface area contributed by atoms with Gasteiger partial charge in [-0.15, -0.1) is 0 Å². The van der Waals surface area contributed by atoms with E-state index in [0.717, 1.165) is 0 Å². The number of aliphatic hydroxyl groups is 2. The van der Waals surface area contributed by atoms with E-state index in [1.807, 2.05) is 0 Å². The number of nitrogens with one attached hydrogen (secondary N) is 1. The van der Waals surface area contributed by atoms with Gasteiger partial charge in [-0.2, -0.15) is 4.98 Å². The molecule has 2 aromatic heterocycles. The first-order valence-corrected chi connectivity index (χ1v) is 6.25. The van der Waals surface area contributed by atoms with E-state index in [1.54, 1.807) is 0 Å². The molecule has 0 spiro atoms. The Labute approximate surface area is 118 Å². The summed E-state index contributed by atoms with van der Waals surface area (Å²) in [6, 6.07) is 0. The van der Waals surface area contributed by atoms with Crippen LogP contribution in [0.1, 0.15) is 12.6 Å². The molecule has 21 heavy (non-hydrogen) atoms. The van der Waals surface area contributed by atoms with Crippen molar-refractivity contribution in [2.75, 3.05) is 19.5 Å². The summed E-state index contributed by atoms with van der Waals surface area (Å²) < 4.78 is 12.2. The van der Waals surface area contributed by atoms with Crippen LogP contribution < -0.4 is 11.3 Å². The van der Waals surface area contributed by atoms with Crippen LogP contribution >= 0.6 is 0 Å². The van der Waals surface area contributed by atoms with Crippen molar-refractivity contribution in [3.05, 3.63) is 16.7 Å². The van der Waals surface area contributed by atoms with Gasteiger partial charge in [0.1, 0.15) is 12.3 Å². The third kappa shape index (κ3) is 2.00. The Morgan fingerprint density at radius 3 is 3.10 bits per heavy atom. The second-order valence-electron chi connectivity index (χ2n) is 4.77. The summed E-state index contributed by atoms with van der Waals surface area (Å²) >= 11 is 0. The van der Waals surface area contributed by atoms with E-state index in [9.17, 15) is 15.0 Å². The lowest BCUT2D eigenvalue weighted by Gasteiger charge is -2.28. The molecule has 2 aromatic rings. The van der Waals surface area contributed by atoms with Crippen LogP contribution in [0.3, 0.4) is 0 Å². The molecule has 0 aromatic carbocycles. The number of methoxy groups -OCH3 is 1. The van der Waals surface area contributed by atoms with Gasteiger partial charge in [-0.05, 0) is 0 Å². The van der Waals surface area contributed by atoms with Gasteiger partial charge >= 0.3 is 0 Å². The minimum atomic E-state index is -1.51. The molecule has 5 N–H and O–H groups in total. The van der Waals surface area contributed by atoms with Crippen LogP contribution in [0.5, 0.6) is 0 Å². The number of aliphatic hydroxyl groups excluding tert-OH is 2. The second-order valence-corrected chi connectivity index (χ2v) is 4.77. The van der Waals surface area contributed by atoms with Crippen LogP contribution in [0.4, 0.5) is 5.95 Å². The smallest absolute Gasteiger partial charge is 0.280 e. The monoisotopic (exact) mass is 297 g/mol. The molecule has 3 atom stereocenters. The molecule has 1 aliphatic rings. The topological polar surface area (TPSA) is 149 Å². The number of H-pyrrole nitrogens is 1. The van der Waals surface area contributed by atoms with Gasteiger partial charge in [0, 0.05) is 13.5 Å². The zero-order valence-electron chi connectivity index (χ0n) is 11.2. The van der Waals surface area contributed by atoms with E-state index >= 15 is 0 Å². The number of aromatic amines is 1. The Morgan fingerprint density at radius 2 is 2.48 bits per heavy atom. The minimum Gasteiger partial charge on any atom is -0.391 e. The number of ether oxygens (including phenoxy) is 2. The minimum absolute atomic E-state index is 0.0482. The zero-order valence-corrected chi connectivity index (χ0v) is 11.2. The van der Waals surface area contributed by atoms with Gasteiger partial charge in [0.15, 0.2) is 11.2 Å². The SMILES string of the molecule is CO[C@]1(CO)O[C@@H](n2cnc3c(=O)[nH]c(N)nc32)C[C@@H]1O. The van der Waals surface area contributed by atoms with Gasteiger partial charge in [-0.1, -0.05) is 0 Å². The number of rotatable bonds is 3. The summed E-state index contributed by atoms with van der Waals surface area (Å²) in [7, 11) is 1.33. The summed E-state index contributed by atoms with van der Waals surface area (Å²) in [5.74, 6) is -1.55. The number of aromatic nitrogens is 4. The molecule has 3 heterocycles. The number of nitrogens with two attached hydrogens (primary N) is 1. The number of hydrogen-bond acceptors (Lipinski definition) is 8. The molecule has 0 saturated carbocycles. The molecule has 0 bridgehead atoms. The summed E-state index contributed by atoms with van der Waals surface area (Å²) in [5.41, 5.74) is 5.41. The van der Waals surface area contributed by atoms with E-state index in [1.165, 1.54) is 18.0 Å². The third-order valence-corrected chi connectivity index (χ3v) is 3.59. The first-order valence-electron chi connectivity index (χ1n) is 6.25. The maximum Gasteiger partial charge on any atom is 0.280 e. The van der Waals surface area contributed by atoms with E-state index in [-0.39, 0.29) is 23.5 Å². The van der Waals surface area contributed by atoms with E-state index in [0.29, 0.717) is 0 Å². The highest BCUT2D eigenvalue weighted by Crippen LogP contribution is 2.37. The summed E-state index contributed by atoms with van der Waals surface area (Å²) in [6.45, 7) is -0.510. The largest absolute Gasteiger partial charge is 0.391 e. The van der Waals surface area contributed by atoms with Crippen molar-refractivity contribution in [2.24, 2.45) is 0 Å². The van der Waals surface area contributed by atoms with E-state index < -0.39 is 30.3 Å². The van der Waals surface area contributed by atoms with Crippen LogP contribution in [-0.4, -0.2) is 55.3 Å². The number of fused-ring (bicyclic) bond motifs is 1. The molecular weight excluding hydrogens is 282 g/mol. The van der Waals surface area contributed by atoms with Gasteiger partial charge in [0.2, 0.25) is 11.7 Å². The Balaban J connectivity index is 2.05. The van der Waals surface area contributed by atoms with Crippen molar-refractivity contribution in [1.29, 1.82) is 0 Å². The highest BCUT2D eigenvalue weighted by Gasteiger charge is 2.49. The Kier molecular flexibility index (Phi) is 3.17. The normalized spacial score (nSPS) is 29.3. The molecular formula is C11H15N5O5. The lowest BCUT2D eigenvalue weighted by atomic mass is 10.1. The number of hydrogen-bond donors (Lipinski definition) is 4. The number of imidazole rings is 1. The van der Waals surface area contributed by atoms with Crippen molar-refractivity contribution in [3.8, 4) is 0 Å². The first kappa shape index (κ1) is 13.9. The molecule has 10 heteroatoms. The van der Waals surface area contributed by atoms with Crippen LogP contribution in [0.25, 0.3) is 11.2 Å². The van der Waals surface area contributed by atoms with Crippen molar-refractivity contribution in [3.63, 3.8) is 0 Å². The lowest BCUT2D eigenvalue weighted by Crippen LogP contribution is -2.44. The maximum atomic E-state index is 11.7. The van der Waals surface area contributed by atoms with E-state index in [4.69, 9.17) is 15.2 Å². The standard InChI is InChI=1S/C11H15N5O5/c1-20-11(3-17)5(18)2-6(21-11)16-4-13-7-8(16)14-10(12)15-9(7)19/h4-6,17-18H,2-3H2,1H3,(H3,12,14,15,19)/t5-,6+,11+/m0/s1. The average molecular weight is 297 g/mol. The highest BCUT2D eigenvalue weighted by molar-refractivity contribution is 5.70. The van der Waals surface area contributed by atoms with E-state index in [2.05, 4.69) is 15.0 Å². The van der Waals surface area contributed by atoms with Gasteiger partial charge < -0.3 is 25.4 Å². The number of nitrogen functional groups attached to an aromatic ring is 1. The molecule has 0 amide bonds. The van der Waals surface area contributed by atoms with Crippen molar-refractivity contribution in [2.45, 2.75) is 24.5 Å². The number of anilines is 1. The van der Waals surface area contributed by atoms with Crippen molar-refractivity contribution >= 4 is 17.1 Å².